The van der Waals surface area contributed by atoms with E-state index in [0.717, 1.165) is 6.92 Å². The molecule has 0 spiro atoms. The smallest absolute Gasteiger partial charge is 0.422 e. The standard InChI is InChI=1S/C8H7F5N2O2/c1-2-4(14-15-5(2)7(16)17)3(9)6(10)8(11,12)13/h3,6H,1H3,(H,14,15)(H,16,17). The number of carboxylic acid groups (broad SMARTS) is 1. The molecule has 0 radical (unpaired) electrons. The maximum absolute atomic E-state index is 13.2. The van der Waals surface area contributed by atoms with Gasteiger partial charge in [-0.2, -0.15) is 18.3 Å². The number of nitrogens with one attached hydrogen (secondary N) is 1. The Labute approximate surface area is 91.4 Å². The molecule has 1 aromatic heterocycles. The normalized spacial score (nSPS) is 15.6. The van der Waals surface area contributed by atoms with E-state index in [2.05, 4.69) is 5.10 Å². The molecule has 0 saturated carbocycles. The van der Waals surface area contributed by atoms with Crippen LogP contribution in [-0.4, -0.2) is 33.6 Å². The number of nitrogens with zero attached hydrogens (tertiary/aromatic N) is 1. The number of hydrogen-bond donors (Lipinski definition) is 2. The largest absolute Gasteiger partial charge is 0.476 e. The van der Waals surface area contributed by atoms with Gasteiger partial charge in [-0.25, -0.2) is 13.6 Å². The van der Waals surface area contributed by atoms with Gasteiger partial charge >= 0.3 is 12.1 Å². The van der Waals surface area contributed by atoms with Crippen molar-refractivity contribution in [2.75, 3.05) is 0 Å². The quantitative estimate of drug-likeness (QED) is 0.817. The second-order valence-electron chi connectivity index (χ2n) is 3.26. The Kier molecular flexibility index (Phi) is 3.39. The molecule has 0 fully saturated rings. The Bertz CT molecular complexity index is 428. The van der Waals surface area contributed by atoms with E-state index in [4.69, 9.17) is 5.11 Å². The number of alkyl halides is 5. The predicted molar refractivity (Wildman–Crippen MR) is 45.1 cm³/mol. The van der Waals surface area contributed by atoms with Crippen molar-refractivity contribution in [3.8, 4) is 0 Å². The van der Waals surface area contributed by atoms with Crippen LogP contribution in [0, 0.1) is 6.92 Å². The highest BCUT2D eigenvalue weighted by molar-refractivity contribution is 5.87. The maximum atomic E-state index is 13.2. The Morgan fingerprint density at radius 3 is 2.29 bits per heavy atom. The zero-order chi connectivity index (χ0) is 13.4. The highest BCUT2D eigenvalue weighted by Gasteiger charge is 2.47. The molecular formula is C8H7F5N2O2. The molecule has 0 aliphatic heterocycles. The minimum absolute atomic E-state index is 0.364. The molecule has 1 rings (SSSR count). The summed E-state index contributed by atoms with van der Waals surface area (Å²) in [6, 6.07) is 0. The molecule has 2 atom stereocenters. The second-order valence-corrected chi connectivity index (χ2v) is 3.26. The summed E-state index contributed by atoms with van der Waals surface area (Å²) in [6.07, 6.45) is -12.1. The first-order valence-electron chi connectivity index (χ1n) is 4.29. The summed E-state index contributed by atoms with van der Waals surface area (Å²) < 4.78 is 61.6. The Morgan fingerprint density at radius 1 is 1.41 bits per heavy atom. The van der Waals surface area contributed by atoms with Crippen LogP contribution in [0.2, 0.25) is 0 Å². The first kappa shape index (κ1) is 13.4. The first-order chi connectivity index (χ1) is 7.66. The molecule has 2 unspecified atom stereocenters. The van der Waals surface area contributed by atoms with Crippen molar-refractivity contribution in [1.29, 1.82) is 0 Å². The molecular weight excluding hydrogens is 251 g/mol. The topological polar surface area (TPSA) is 66.0 Å². The Hall–Kier alpha value is -1.67. The minimum Gasteiger partial charge on any atom is -0.476 e. The fourth-order valence-electron chi connectivity index (χ4n) is 1.20. The predicted octanol–water partition coefficient (Wildman–Crippen LogP) is 2.33. The second kappa shape index (κ2) is 4.30. The lowest BCUT2D eigenvalue weighted by atomic mass is 10.1. The van der Waals surface area contributed by atoms with Gasteiger partial charge in [0.2, 0.25) is 6.17 Å². The van der Waals surface area contributed by atoms with Crippen molar-refractivity contribution in [1.82, 2.24) is 10.2 Å². The van der Waals surface area contributed by atoms with Crippen molar-refractivity contribution in [2.24, 2.45) is 0 Å². The van der Waals surface area contributed by atoms with Crippen LogP contribution < -0.4 is 0 Å². The van der Waals surface area contributed by atoms with Crippen molar-refractivity contribution in [3.05, 3.63) is 17.0 Å². The molecule has 0 saturated heterocycles. The molecule has 4 nitrogen and oxygen atoms in total. The van der Waals surface area contributed by atoms with Gasteiger partial charge in [-0.15, -0.1) is 0 Å². The van der Waals surface area contributed by atoms with Crippen molar-refractivity contribution in [2.45, 2.75) is 25.4 Å². The van der Waals surface area contributed by atoms with Crippen molar-refractivity contribution in [3.63, 3.8) is 0 Å². The van der Waals surface area contributed by atoms with Crippen LogP contribution in [0.15, 0.2) is 0 Å². The van der Waals surface area contributed by atoms with Gasteiger partial charge in [-0.1, -0.05) is 0 Å². The zero-order valence-electron chi connectivity index (χ0n) is 8.35. The van der Waals surface area contributed by atoms with Crippen molar-refractivity contribution >= 4 is 5.97 Å². The van der Waals surface area contributed by atoms with Gasteiger partial charge in [0.1, 0.15) is 0 Å². The Balaban J connectivity index is 3.06. The van der Waals surface area contributed by atoms with Crippen LogP contribution in [0.5, 0.6) is 0 Å². The van der Waals surface area contributed by atoms with E-state index in [1.165, 1.54) is 0 Å². The van der Waals surface area contributed by atoms with Gasteiger partial charge in [0, 0.05) is 5.56 Å². The van der Waals surface area contributed by atoms with E-state index in [1.54, 1.807) is 5.10 Å². The van der Waals surface area contributed by atoms with Gasteiger partial charge in [0.15, 0.2) is 11.9 Å². The van der Waals surface area contributed by atoms with Crippen LogP contribution in [-0.2, 0) is 0 Å². The number of halogens is 5. The molecule has 1 aromatic rings. The summed E-state index contributed by atoms with van der Waals surface area (Å²) >= 11 is 0. The molecule has 0 aliphatic carbocycles. The Morgan fingerprint density at radius 2 is 1.94 bits per heavy atom. The molecule has 1 heterocycles. The first-order valence-corrected chi connectivity index (χ1v) is 4.29. The highest BCUT2D eigenvalue weighted by Crippen LogP contribution is 2.36. The molecule has 0 amide bonds. The van der Waals surface area contributed by atoms with Gasteiger partial charge in [0.25, 0.3) is 0 Å². The number of rotatable bonds is 3. The fraction of sp³-hybridized carbons (Fsp3) is 0.500. The number of carboxylic acids is 1. The van der Waals surface area contributed by atoms with Crippen LogP contribution in [0.1, 0.15) is 27.9 Å². The lowest BCUT2D eigenvalue weighted by Crippen LogP contribution is -2.29. The van der Waals surface area contributed by atoms with Gasteiger partial charge in [-0.05, 0) is 6.92 Å². The van der Waals surface area contributed by atoms with E-state index in [0.29, 0.717) is 0 Å². The maximum Gasteiger partial charge on any atom is 0.422 e. The number of H-pyrrole nitrogens is 1. The zero-order valence-corrected chi connectivity index (χ0v) is 8.35. The average Bonchev–Trinajstić information content (AvgIpc) is 2.56. The number of aromatic nitrogens is 2. The van der Waals surface area contributed by atoms with E-state index in [1.807, 2.05) is 0 Å². The van der Waals surface area contributed by atoms with E-state index >= 15 is 0 Å². The summed E-state index contributed by atoms with van der Waals surface area (Å²) in [6.45, 7) is 1.04. The van der Waals surface area contributed by atoms with Crippen LogP contribution in [0.3, 0.4) is 0 Å². The molecule has 96 valence electrons. The third-order valence-electron chi connectivity index (χ3n) is 2.10. The number of aromatic carboxylic acids is 1. The monoisotopic (exact) mass is 258 g/mol. The van der Waals surface area contributed by atoms with Crippen LogP contribution in [0.4, 0.5) is 22.0 Å². The summed E-state index contributed by atoms with van der Waals surface area (Å²) in [5.41, 5.74) is -1.83. The average molecular weight is 258 g/mol. The number of aromatic amines is 1. The number of hydrogen-bond acceptors (Lipinski definition) is 2. The van der Waals surface area contributed by atoms with Crippen LogP contribution in [0.25, 0.3) is 0 Å². The third kappa shape index (κ3) is 2.53. The van der Waals surface area contributed by atoms with Gasteiger partial charge in [-0.3, -0.25) is 5.10 Å². The molecule has 0 bridgehead atoms. The minimum atomic E-state index is -5.36. The van der Waals surface area contributed by atoms with E-state index < -0.39 is 35.9 Å². The summed E-state index contributed by atoms with van der Waals surface area (Å²) in [5, 5.41) is 13.4. The van der Waals surface area contributed by atoms with Crippen LogP contribution >= 0.6 is 0 Å². The highest BCUT2D eigenvalue weighted by atomic mass is 19.4. The lowest BCUT2D eigenvalue weighted by Gasteiger charge is -2.15. The van der Waals surface area contributed by atoms with Gasteiger partial charge in [0.05, 0.1) is 5.69 Å². The molecule has 9 heteroatoms. The summed E-state index contributed by atoms with van der Waals surface area (Å²) in [7, 11) is 0. The fourth-order valence-corrected chi connectivity index (χ4v) is 1.20. The third-order valence-corrected chi connectivity index (χ3v) is 2.10. The molecule has 0 aromatic carbocycles. The SMILES string of the molecule is Cc1c(C(=O)O)n[nH]c1C(F)C(F)C(F)(F)F. The number of carbonyl (C=O) groups is 1. The van der Waals surface area contributed by atoms with Gasteiger partial charge < -0.3 is 5.11 Å². The molecule has 0 aliphatic rings. The molecule has 17 heavy (non-hydrogen) atoms. The molecule has 2 N–H and O–H groups in total. The van der Waals surface area contributed by atoms with E-state index in [-0.39, 0.29) is 5.56 Å². The van der Waals surface area contributed by atoms with E-state index in [9.17, 15) is 26.7 Å². The lowest BCUT2D eigenvalue weighted by molar-refractivity contribution is -0.197. The summed E-state index contributed by atoms with van der Waals surface area (Å²) in [4.78, 5) is 10.5. The van der Waals surface area contributed by atoms with Crippen molar-refractivity contribution < 1.29 is 31.9 Å². The summed E-state index contributed by atoms with van der Waals surface area (Å²) in [5.74, 6) is -1.54.